The summed E-state index contributed by atoms with van der Waals surface area (Å²) in [4.78, 5) is 2.50. The molecule has 4 rings (SSSR count). The Bertz CT molecular complexity index is 816. The van der Waals surface area contributed by atoms with Gasteiger partial charge >= 0.3 is 0 Å². The van der Waals surface area contributed by atoms with E-state index in [9.17, 15) is 0 Å². The summed E-state index contributed by atoms with van der Waals surface area (Å²) in [6, 6.07) is 15.0. The van der Waals surface area contributed by atoms with Crippen LogP contribution in [-0.2, 0) is 17.9 Å². The summed E-state index contributed by atoms with van der Waals surface area (Å²) in [5.41, 5.74) is 5.73. The van der Waals surface area contributed by atoms with E-state index in [0.29, 0.717) is 12.5 Å². The molecule has 0 radical (unpaired) electrons. The third-order valence-electron chi connectivity index (χ3n) is 5.63. The van der Waals surface area contributed by atoms with E-state index in [-0.39, 0.29) is 5.60 Å². The zero-order valence-electron chi connectivity index (χ0n) is 14.9. The highest BCUT2D eigenvalue weighted by Gasteiger charge is 2.48. The highest BCUT2D eigenvalue weighted by Crippen LogP contribution is 2.47. The van der Waals surface area contributed by atoms with Gasteiger partial charge in [0.25, 0.3) is 0 Å². The lowest BCUT2D eigenvalue weighted by atomic mass is 9.81. The molecule has 3 heteroatoms. The van der Waals surface area contributed by atoms with Crippen molar-refractivity contribution in [2.45, 2.75) is 38.5 Å². The molecule has 130 valence electrons. The van der Waals surface area contributed by atoms with Gasteiger partial charge in [0.2, 0.25) is 0 Å². The van der Waals surface area contributed by atoms with Crippen molar-refractivity contribution in [3.63, 3.8) is 0 Å². The zero-order valence-corrected chi connectivity index (χ0v) is 15.6. The molecule has 1 saturated heterocycles. The molecule has 2 aromatic rings. The van der Waals surface area contributed by atoms with Gasteiger partial charge in [-0.2, -0.15) is 0 Å². The Hall–Kier alpha value is -1.61. The van der Waals surface area contributed by atoms with Gasteiger partial charge in [0.15, 0.2) is 0 Å². The van der Waals surface area contributed by atoms with Crippen LogP contribution in [0, 0.1) is 0 Å². The maximum atomic E-state index is 6.67. The average Bonchev–Trinajstić information content (AvgIpc) is 2.92. The van der Waals surface area contributed by atoms with Crippen molar-refractivity contribution in [2.75, 3.05) is 13.1 Å². The van der Waals surface area contributed by atoms with Crippen LogP contribution in [-0.4, -0.2) is 23.6 Å². The standard InChI is InChI=1S/C22H24ClNO/c1-15(2)17-9-10-18-19(21(17)23)13-25-22(3)14-24(12-20(18)22)11-16-7-5-4-6-8-16/h4-10,20H,1,11-14H2,2-3H3/t20-,22-/m1/s1. The number of halogens is 1. The smallest absolute Gasteiger partial charge is 0.0866 e. The second-order valence-electron chi connectivity index (χ2n) is 7.58. The Morgan fingerprint density at radius 2 is 2.04 bits per heavy atom. The van der Waals surface area contributed by atoms with E-state index < -0.39 is 0 Å². The lowest BCUT2D eigenvalue weighted by Gasteiger charge is -2.37. The van der Waals surface area contributed by atoms with E-state index in [1.165, 1.54) is 11.1 Å². The number of hydrogen-bond donors (Lipinski definition) is 0. The topological polar surface area (TPSA) is 12.5 Å². The second kappa shape index (κ2) is 6.28. The van der Waals surface area contributed by atoms with Crippen molar-refractivity contribution < 1.29 is 4.74 Å². The summed E-state index contributed by atoms with van der Waals surface area (Å²) in [7, 11) is 0. The van der Waals surface area contributed by atoms with Crippen LogP contribution in [0.2, 0.25) is 5.02 Å². The van der Waals surface area contributed by atoms with Crippen molar-refractivity contribution in [1.82, 2.24) is 4.90 Å². The summed E-state index contributed by atoms with van der Waals surface area (Å²) in [6.45, 7) is 11.8. The lowest BCUT2D eigenvalue weighted by Crippen LogP contribution is -2.40. The van der Waals surface area contributed by atoms with Gasteiger partial charge in [0.05, 0.1) is 17.2 Å². The van der Waals surface area contributed by atoms with Gasteiger partial charge in [0.1, 0.15) is 0 Å². The molecule has 25 heavy (non-hydrogen) atoms. The second-order valence-corrected chi connectivity index (χ2v) is 7.96. The van der Waals surface area contributed by atoms with Gasteiger partial charge in [0, 0.05) is 31.1 Å². The molecule has 0 amide bonds. The average molecular weight is 354 g/mol. The predicted octanol–water partition coefficient (Wildman–Crippen LogP) is 5.26. The maximum Gasteiger partial charge on any atom is 0.0866 e. The van der Waals surface area contributed by atoms with E-state index in [0.717, 1.165) is 41.4 Å². The third-order valence-corrected chi connectivity index (χ3v) is 6.06. The molecule has 0 aromatic heterocycles. The molecule has 0 N–H and O–H groups in total. The highest BCUT2D eigenvalue weighted by molar-refractivity contribution is 6.33. The van der Waals surface area contributed by atoms with Gasteiger partial charge in [-0.25, -0.2) is 0 Å². The van der Waals surface area contributed by atoms with Gasteiger partial charge < -0.3 is 4.74 Å². The molecule has 0 aliphatic carbocycles. The molecule has 2 aromatic carbocycles. The fourth-order valence-electron chi connectivity index (χ4n) is 4.28. The van der Waals surface area contributed by atoms with Crippen LogP contribution in [0.15, 0.2) is 49.0 Å². The number of rotatable bonds is 3. The molecule has 0 bridgehead atoms. The van der Waals surface area contributed by atoms with Crippen molar-refractivity contribution >= 4 is 17.2 Å². The van der Waals surface area contributed by atoms with Gasteiger partial charge in [-0.05, 0) is 36.1 Å². The zero-order chi connectivity index (χ0) is 17.6. The summed E-state index contributed by atoms with van der Waals surface area (Å²) >= 11 is 6.67. The Balaban J connectivity index is 1.64. The minimum atomic E-state index is -0.143. The predicted molar refractivity (Wildman–Crippen MR) is 104 cm³/mol. The van der Waals surface area contributed by atoms with Gasteiger partial charge in [-0.1, -0.05) is 60.6 Å². The Morgan fingerprint density at radius 3 is 2.76 bits per heavy atom. The molecule has 1 fully saturated rings. The van der Waals surface area contributed by atoms with Crippen LogP contribution in [0.3, 0.4) is 0 Å². The fourth-order valence-corrected chi connectivity index (χ4v) is 4.67. The SMILES string of the molecule is C=C(C)c1ccc2c(c1Cl)CO[C@]1(C)CN(Cc3ccccc3)C[C@H]21. The maximum absolute atomic E-state index is 6.67. The van der Waals surface area contributed by atoms with Crippen LogP contribution in [0.25, 0.3) is 5.57 Å². The first-order valence-electron chi connectivity index (χ1n) is 8.85. The summed E-state index contributed by atoms with van der Waals surface area (Å²) in [5.74, 6) is 0.358. The monoisotopic (exact) mass is 353 g/mol. The van der Waals surface area contributed by atoms with Crippen LogP contribution in [0.5, 0.6) is 0 Å². The van der Waals surface area contributed by atoms with Crippen molar-refractivity contribution in [1.29, 1.82) is 0 Å². The Morgan fingerprint density at radius 1 is 1.28 bits per heavy atom. The number of allylic oxidation sites excluding steroid dienone is 1. The molecule has 2 nitrogen and oxygen atoms in total. The molecule has 0 unspecified atom stereocenters. The van der Waals surface area contributed by atoms with Crippen LogP contribution in [0.4, 0.5) is 0 Å². The first-order chi connectivity index (χ1) is 12.0. The number of ether oxygens (including phenoxy) is 1. The number of fused-ring (bicyclic) bond motifs is 3. The normalized spacial score (nSPS) is 25.5. The van der Waals surface area contributed by atoms with Crippen molar-refractivity contribution in [2.24, 2.45) is 0 Å². The molecule has 2 heterocycles. The Kier molecular flexibility index (Phi) is 4.23. The molecular weight excluding hydrogens is 330 g/mol. The number of nitrogens with zero attached hydrogens (tertiary/aromatic N) is 1. The van der Waals surface area contributed by atoms with Crippen LogP contribution in [0.1, 0.15) is 42.0 Å². The molecule has 0 saturated carbocycles. The summed E-state index contributed by atoms with van der Waals surface area (Å²) < 4.78 is 6.34. The van der Waals surface area contributed by atoms with Crippen LogP contribution >= 0.6 is 11.6 Å². The van der Waals surface area contributed by atoms with E-state index >= 15 is 0 Å². The minimum absolute atomic E-state index is 0.143. The number of hydrogen-bond acceptors (Lipinski definition) is 2. The Labute approximate surface area is 155 Å². The fraction of sp³-hybridized carbons (Fsp3) is 0.364. The molecule has 2 aliphatic rings. The quantitative estimate of drug-likeness (QED) is 0.746. The van der Waals surface area contributed by atoms with E-state index in [2.05, 4.69) is 60.9 Å². The minimum Gasteiger partial charge on any atom is -0.369 e. The number of benzene rings is 2. The summed E-state index contributed by atoms with van der Waals surface area (Å²) in [5, 5.41) is 0.813. The van der Waals surface area contributed by atoms with E-state index in [4.69, 9.17) is 16.3 Å². The van der Waals surface area contributed by atoms with Crippen LogP contribution < -0.4 is 0 Å². The van der Waals surface area contributed by atoms with E-state index in [1.54, 1.807) is 0 Å². The first-order valence-corrected chi connectivity index (χ1v) is 9.23. The molecule has 2 atom stereocenters. The van der Waals surface area contributed by atoms with Gasteiger partial charge in [-0.15, -0.1) is 0 Å². The molecule has 0 spiro atoms. The third kappa shape index (κ3) is 2.93. The molecular formula is C22H24ClNO. The lowest BCUT2D eigenvalue weighted by molar-refractivity contribution is -0.0567. The van der Waals surface area contributed by atoms with Gasteiger partial charge in [-0.3, -0.25) is 4.90 Å². The highest BCUT2D eigenvalue weighted by atomic mass is 35.5. The largest absolute Gasteiger partial charge is 0.369 e. The first kappa shape index (κ1) is 16.8. The molecule has 2 aliphatic heterocycles. The van der Waals surface area contributed by atoms with E-state index in [1.807, 2.05) is 6.92 Å². The summed E-state index contributed by atoms with van der Waals surface area (Å²) in [6.07, 6.45) is 0. The number of likely N-dealkylation sites (tertiary alicyclic amines) is 1. The van der Waals surface area contributed by atoms with Crippen molar-refractivity contribution in [3.8, 4) is 0 Å². The van der Waals surface area contributed by atoms with Crippen molar-refractivity contribution in [3.05, 3.63) is 76.3 Å².